The number of rotatable bonds is 0. The number of nitrogens with zero attached hydrogens (tertiary/aromatic N) is 1. The lowest BCUT2D eigenvalue weighted by Gasteiger charge is -2.20. The zero-order valence-electron chi connectivity index (χ0n) is 8.06. The number of hydrogen-bond acceptors (Lipinski definition) is 1. The first kappa shape index (κ1) is 9.32. The van der Waals surface area contributed by atoms with Crippen molar-refractivity contribution in [3.05, 3.63) is 11.6 Å². The second-order valence-electron chi connectivity index (χ2n) is 4.45. The molecule has 1 heteroatoms. The highest BCUT2D eigenvalue weighted by Gasteiger charge is 2.20. The van der Waals surface area contributed by atoms with Crippen LogP contribution in [0.25, 0.3) is 0 Å². The Morgan fingerprint density at radius 3 is 2.75 bits per heavy atom. The molecule has 1 nitrogen and oxygen atoms in total. The van der Waals surface area contributed by atoms with E-state index in [9.17, 15) is 0 Å². The predicted octanol–water partition coefficient (Wildman–Crippen LogP) is 3.43. The summed E-state index contributed by atoms with van der Waals surface area (Å²) in [5.74, 6) is 0. The lowest BCUT2D eigenvalue weighted by atomic mass is 9.85. The molecule has 0 aliphatic heterocycles. The minimum absolute atomic E-state index is 0.491. The van der Waals surface area contributed by atoms with Gasteiger partial charge in [0.2, 0.25) is 0 Å². The van der Waals surface area contributed by atoms with E-state index in [1.54, 1.807) is 6.08 Å². The Balaban J connectivity index is 2.58. The van der Waals surface area contributed by atoms with Gasteiger partial charge in [-0.15, -0.1) is 0 Å². The van der Waals surface area contributed by atoms with E-state index >= 15 is 0 Å². The predicted molar refractivity (Wildman–Crippen MR) is 50.6 cm³/mol. The van der Waals surface area contributed by atoms with Crippen molar-refractivity contribution < 1.29 is 0 Å². The van der Waals surface area contributed by atoms with Crippen LogP contribution in [0.1, 0.15) is 46.0 Å². The highest BCUT2D eigenvalue weighted by molar-refractivity contribution is 5.14. The zero-order valence-corrected chi connectivity index (χ0v) is 8.06. The monoisotopic (exact) mass is 163 g/mol. The molecular weight excluding hydrogens is 146 g/mol. The third-order valence-corrected chi connectivity index (χ3v) is 2.74. The maximum Gasteiger partial charge on any atom is 0.0911 e. The molecule has 1 rings (SSSR count). The molecule has 12 heavy (non-hydrogen) atoms. The first-order valence-corrected chi connectivity index (χ1v) is 4.72. The summed E-state index contributed by atoms with van der Waals surface area (Å²) in [5, 5.41) is 8.51. The van der Waals surface area contributed by atoms with Gasteiger partial charge in [-0.2, -0.15) is 5.26 Å². The molecule has 1 aliphatic carbocycles. The maximum absolute atomic E-state index is 8.51. The largest absolute Gasteiger partial charge is 0.193 e. The molecule has 1 saturated carbocycles. The van der Waals surface area contributed by atoms with Gasteiger partial charge in [0.1, 0.15) is 0 Å². The highest BCUT2D eigenvalue weighted by atomic mass is 14.3. The molecule has 0 aromatic rings. The fourth-order valence-electron chi connectivity index (χ4n) is 1.78. The van der Waals surface area contributed by atoms with Crippen LogP contribution in [-0.2, 0) is 0 Å². The van der Waals surface area contributed by atoms with Crippen molar-refractivity contribution in [3.63, 3.8) is 0 Å². The Labute approximate surface area is 75.1 Å². The van der Waals surface area contributed by atoms with Gasteiger partial charge >= 0.3 is 0 Å². The summed E-state index contributed by atoms with van der Waals surface area (Å²) in [6.45, 7) is 4.64. The van der Waals surface area contributed by atoms with Gasteiger partial charge in [-0.3, -0.25) is 0 Å². The minimum Gasteiger partial charge on any atom is -0.193 e. The topological polar surface area (TPSA) is 23.8 Å². The van der Waals surface area contributed by atoms with Crippen molar-refractivity contribution in [1.29, 1.82) is 5.26 Å². The molecule has 0 amide bonds. The lowest BCUT2D eigenvalue weighted by Crippen LogP contribution is -2.08. The van der Waals surface area contributed by atoms with Gasteiger partial charge in [-0.1, -0.05) is 19.4 Å². The summed E-state index contributed by atoms with van der Waals surface area (Å²) < 4.78 is 0. The first-order chi connectivity index (χ1) is 5.64. The zero-order chi connectivity index (χ0) is 9.03. The molecule has 0 N–H and O–H groups in total. The van der Waals surface area contributed by atoms with Crippen molar-refractivity contribution in [2.24, 2.45) is 5.41 Å². The van der Waals surface area contributed by atoms with E-state index in [-0.39, 0.29) is 0 Å². The SMILES string of the molecule is CC1(C)CCC/C(=C\C#N)CC1. The quantitative estimate of drug-likeness (QED) is 0.396. The summed E-state index contributed by atoms with van der Waals surface area (Å²) in [7, 11) is 0. The van der Waals surface area contributed by atoms with E-state index in [2.05, 4.69) is 19.9 Å². The van der Waals surface area contributed by atoms with Gasteiger partial charge in [0.05, 0.1) is 6.07 Å². The highest BCUT2D eigenvalue weighted by Crippen LogP contribution is 2.35. The molecule has 66 valence electrons. The van der Waals surface area contributed by atoms with Crippen LogP contribution in [0.5, 0.6) is 0 Å². The van der Waals surface area contributed by atoms with Crippen molar-refractivity contribution in [1.82, 2.24) is 0 Å². The van der Waals surface area contributed by atoms with Crippen LogP contribution in [-0.4, -0.2) is 0 Å². The summed E-state index contributed by atoms with van der Waals surface area (Å²) in [5.41, 5.74) is 1.84. The average Bonchev–Trinajstić information content (AvgIpc) is 2.14. The number of hydrogen-bond donors (Lipinski definition) is 0. The van der Waals surface area contributed by atoms with E-state index in [1.807, 2.05) is 0 Å². The second kappa shape index (κ2) is 3.76. The van der Waals surface area contributed by atoms with Crippen LogP contribution < -0.4 is 0 Å². The fourth-order valence-corrected chi connectivity index (χ4v) is 1.78. The van der Waals surface area contributed by atoms with Crippen molar-refractivity contribution >= 4 is 0 Å². The Morgan fingerprint density at radius 1 is 1.33 bits per heavy atom. The van der Waals surface area contributed by atoms with Crippen LogP contribution in [0.4, 0.5) is 0 Å². The number of nitriles is 1. The van der Waals surface area contributed by atoms with Crippen LogP contribution in [0.3, 0.4) is 0 Å². The third kappa shape index (κ3) is 2.70. The van der Waals surface area contributed by atoms with E-state index < -0.39 is 0 Å². The van der Waals surface area contributed by atoms with E-state index in [4.69, 9.17) is 5.26 Å². The lowest BCUT2D eigenvalue weighted by molar-refractivity contribution is 0.316. The third-order valence-electron chi connectivity index (χ3n) is 2.74. The maximum atomic E-state index is 8.51. The van der Waals surface area contributed by atoms with Gasteiger partial charge in [-0.25, -0.2) is 0 Å². The van der Waals surface area contributed by atoms with Crippen molar-refractivity contribution in [3.8, 4) is 6.07 Å². The molecule has 0 saturated heterocycles. The molecule has 0 spiro atoms. The van der Waals surface area contributed by atoms with E-state index in [0.717, 1.165) is 12.8 Å². The van der Waals surface area contributed by atoms with Gasteiger partial charge in [-0.05, 0) is 37.5 Å². The first-order valence-electron chi connectivity index (χ1n) is 4.72. The molecule has 0 heterocycles. The molecule has 0 atom stereocenters. The van der Waals surface area contributed by atoms with E-state index in [1.165, 1.54) is 24.8 Å². The van der Waals surface area contributed by atoms with Crippen LogP contribution in [0.2, 0.25) is 0 Å². The second-order valence-corrected chi connectivity index (χ2v) is 4.45. The molecule has 1 aliphatic rings. The van der Waals surface area contributed by atoms with Crippen LogP contribution >= 0.6 is 0 Å². The molecule has 0 radical (unpaired) electrons. The molecule has 0 bridgehead atoms. The van der Waals surface area contributed by atoms with Gasteiger partial charge in [0, 0.05) is 6.08 Å². The average molecular weight is 163 g/mol. The normalized spacial score (nSPS) is 26.2. The Hall–Kier alpha value is -0.770. The summed E-state index contributed by atoms with van der Waals surface area (Å²) in [6, 6.07) is 2.13. The smallest absolute Gasteiger partial charge is 0.0911 e. The molecular formula is C11H17N. The molecule has 0 aromatic carbocycles. The minimum atomic E-state index is 0.491. The van der Waals surface area contributed by atoms with E-state index in [0.29, 0.717) is 5.41 Å². The van der Waals surface area contributed by atoms with Gasteiger partial charge in [0.25, 0.3) is 0 Å². The van der Waals surface area contributed by atoms with Gasteiger partial charge in [0.15, 0.2) is 0 Å². The summed E-state index contributed by atoms with van der Waals surface area (Å²) in [4.78, 5) is 0. The van der Waals surface area contributed by atoms with Gasteiger partial charge < -0.3 is 0 Å². The number of allylic oxidation sites excluding steroid dienone is 2. The standard InChI is InChI=1S/C11H17N/c1-11(2)7-3-4-10(5-8-11)6-9-12/h6H,3-5,7-8H2,1-2H3/b10-6+. The molecule has 0 unspecified atom stereocenters. The Morgan fingerprint density at radius 2 is 2.08 bits per heavy atom. The van der Waals surface area contributed by atoms with Crippen molar-refractivity contribution in [2.75, 3.05) is 0 Å². The van der Waals surface area contributed by atoms with Crippen LogP contribution in [0.15, 0.2) is 11.6 Å². The summed E-state index contributed by atoms with van der Waals surface area (Å²) in [6.07, 6.45) is 7.79. The van der Waals surface area contributed by atoms with Crippen LogP contribution in [0, 0.1) is 16.7 Å². The molecule has 1 fully saturated rings. The van der Waals surface area contributed by atoms with Crippen molar-refractivity contribution in [2.45, 2.75) is 46.0 Å². The summed E-state index contributed by atoms with van der Waals surface area (Å²) >= 11 is 0. The Bertz CT molecular complexity index is 218. The Kier molecular flexibility index (Phi) is 2.92. The fraction of sp³-hybridized carbons (Fsp3) is 0.727. The molecule has 0 aromatic heterocycles.